The fourth-order valence-corrected chi connectivity index (χ4v) is 2.64. The van der Waals surface area contributed by atoms with Crippen LogP contribution in [0.4, 0.5) is 18.9 Å². The molecular weight excluding hydrogens is 345 g/mol. The molecule has 7 heteroatoms. The number of aryl methyl sites for hydroxylation is 1. The molecular formula is C19H17F3N2O2. The molecule has 3 aromatic rings. The van der Waals surface area contributed by atoms with Crippen LogP contribution in [-0.4, -0.2) is 17.5 Å². The van der Waals surface area contributed by atoms with E-state index in [1.807, 2.05) is 25.1 Å². The minimum Gasteiger partial charge on any atom is -0.483 e. The van der Waals surface area contributed by atoms with Crippen molar-refractivity contribution in [3.8, 4) is 5.75 Å². The molecule has 0 bridgehead atoms. The summed E-state index contributed by atoms with van der Waals surface area (Å²) < 4.78 is 43.8. The zero-order chi connectivity index (χ0) is 18.7. The number of carbonyl (C=O) groups excluding carboxylic acids is 1. The minimum absolute atomic E-state index is 0.185. The third-order valence-electron chi connectivity index (χ3n) is 3.92. The average Bonchev–Trinajstić information content (AvgIpc) is 3.04. The molecule has 0 aliphatic heterocycles. The topological polar surface area (TPSA) is 54.1 Å². The maximum Gasteiger partial charge on any atom is 0.431 e. The molecule has 0 unspecified atom stereocenters. The second-order valence-electron chi connectivity index (χ2n) is 5.78. The fraction of sp³-hybridized carbons (Fsp3) is 0.211. The first-order valence-corrected chi connectivity index (χ1v) is 8.07. The van der Waals surface area contributed by atoms with Crippen molar-refractivity contribution in [3.63, 3.8) is 0 Å². The van der Waals surface area contributed by atoms with Crippen molar-refractivity contribution >= 4 is 22.5 Å². The Morgan fingerprint density at radius 1 is 1.15 bits per heavy atom. The highest BCUT2D eigenvalue weighted by molar-refractivity contribution is 5.94. The minimum atomic E-state index is -4.44. The number of alkyl halides is 3. The van der Waals surface area contributed by atoms with Crippen molar-refractivity contribution in [2.45, 2.75) is 19.5 Å². The summed E-state index contributed by atoms with van der Waals surface area (Å²) in [6, 6.07) is 13.0. The van der Waals surface area contributed by atoms with Gasteiger partial charge in [0.2, 0.25) is 0 Å². The van der Waals surface area contributed by atoms with Crippen LogP contribution in [0, 0.1) is 0 Å². The van der Waals surface area contributed by atoms with Gasteiger partial charge in [-0.15, -0.1) is 0 Å². The fourth-order valence-electron chi connectivity index (χ4n) is 2.64. The van der Waals surface area contributed by atoms with Crippen molar-refractivity contribution < 1.29 is 22.7 Å². The van der Waals surface area contributed by atoms with Crippen molar-refractivity contribution in [3.05, 3.63) is 59.8 Å². The van der Waals surface area contributed by atoms with Gasteiger partial charge in [0.1, 0.15) is 11.4 Å². The van der Waals surface area contributed by atoms with Gasteiger partial charge in [0, 0.05) is 16.6 Å². The summed E-state index contributed by atoms with van der Waals surface area (Å²) in [5, 5.41) is 3.00. The van der Waals surface area contributed by atoms with E-state index in [1.165, 1.54) is 18.2 Å². The first-order chi connectivity index (χ1) is 12.4. The molecule has 0 fully saturated rings. The Labute approximate surface area is 148 Å². The Balaban J connectivity index is 1.67. The van der Waals surface area contributed by atoms with Crippen molar-refractivity contribution in [1.29, 1.82) is 0 Å². The van der Waals surface area contributed by atoms with Crippen LogP contribution in [0.25, 0.3) is 10.9 Å². The standard InChI is InChI=1S/C19H17F3N2O2/c1-2-12-5-3-4-6-16(12)26-11-18(25)23-14-7-8-15-13(9-14)10-17(24-15)19(20,21)22/h3-10,24H,2,11H2,1H3,(H,23,25). The third-order valence-corrected chi connectivity index (χ3v) is 3.92. The van der Waals surface area contributed by atoms with Crippen LogP contribution in [0.5, 0.6) is 5.75 Å². The largest absolute Gasteiger partial charge is 0.483 e. The number of rotatable bonds is 5. The Morgan fingerprint density at radius 2 is 1.92 bits per heavy atom. The number of aromatic nitrogens is 1. The molecule has 2 aromatic carbocycles. The van der Waals surface area contributed by atoms with Gasteiger partial charge in [0.25, 0.3) is 5.91 Å². The Hall–Kier alpha value is -2.96. The molecule has 0 atom stereocenters. The number of fused-ring (bicyclic) bond motifs is 1. The van der Waals surface area contributed by atoms with E-state index in [1.54, 1.807) is 6.07 Å². The third kappa shape index (κ3) is 3.99. The molecule has 1 heterocycles. The molecule has 26 heavy (non-hydrogen) atoms. The van der Waals surface area contributed by atoms with Crippen LogP contribution in [0.3, 0.4) is 0 Å². The highest BCUT2D eigenvalue weighted by Crippen LogP contribution is 2.31. The average molecular weight is 362 g/mol. The van der Waals surface area contributed by atoms with Crippen LogP contribution in [0.2, 0.25) is 0 Å². The van der Waals surface area contributed by atoms with Crippen LogP contribution in [-0.2, 0) is 17.4 Å². The number of hydrogen-bond acceptors (Lipinski definition) is 2. The van der Waals surface area contributed by atoms with Crippen molar-refractivity contribution in [2.24, 2.45) is 0 Å². The van der Waals surface area contributed by atoms with E-state index < -0.39 is 11.9 Å². The van der Waals surface area contributed by atoms with E-state index in [4.69, 9.17) is 4.74 Å². The van der Waals surface area contributed by atoms with E-state index in [2.05, 4.69) is 10.3 Å². The van der Waals surface area contributed by atoms with Gasteiger partial charge < -0.3 is 15.0 Å². The maximum atomic E-state index is 12.7. The van der Waals surface area contributed by atoms with Gasteiger partial charge >= 0.3 is 6.18 Å². The normalized spacial score (nSPS) is 11.5. The molecule has 0 spiro atoms. The number of nitrogens with one attached hydrogen (secondary N) is 2. The number of aromatic amines is 1. The number of halogens is 3. The number of H-pyrrole nitrogens is 1. The van der Waals surface area contributed by atoms with E-state index in [0.29, 0.717) is 22.3 Å². The number of carbonyl (C=O) groups is 1. The van der Waals surface area contributed by atoms with E-state index >= 15 is 0 Å². The molecule has 4 nitrogen and oxygen atoms in total. The van der Waals surface area contributed by atoms with Gasteiger partial charge in [-0.1, -0.05) is 25.1 Å². The summed E-state index contributed by atoms with van der Waals surface area (Å²) in [4.78, 5) is 14.4. The lowest BCUT2D eigenvalue weighted by atomic mass is 10.1. The van der Waals surface area contributed by atoms with E-state index in [9.17, 15) is 18.0 Å². The SMILES string of the molecule is CCc1ccccc1OCC(=O)Nc1ccc2[nH]c(C(F)(F)F)cc2c1. The van der Waals surface area contributed by atoms with Gasteiger partial charge in [0.05, 0.1) is 0 Å². The molecule has 0 radical (unpaired) electrons. The summed E-state index contributed by atoms with van der Waals surface area (Å²) >= 11 is 0. The Bertz CT molecular complexity index is 932. The molecule has 0 saturated heterocycles. The highest BCUT2D eigenvalue weighted by atomic mass is 19.4. The zero-order valence-electron chi connectivity index (χ0n) is 14.0. The molecule has 1 amide bonds. The van der Waals surface area contributed by atoms with Gasteiger partial charge in [0.15, 0.2) is 6.61 Å². The zero-order valence-corrected chi connectivity index (χ0v) is 14.0. The number of hydrogen-bond donors (Lipinski definition) is 2. The van der Waals surface area contributed by atoms with Crippen LogP contribution in [0.1, 0.15) is 18.2 Å². The molecule has 2 N–H and O–H groups in total. The first kappa shape index (κ1) is 17.8. The second kappa shape index (κ2) is 7.11. The van der Waals surface area contributed by atoms with Crippen molar-refractivity contribution in [2.75, 3.05) is 11.9 Å². The predicted molar refractivity (Wildman–Crippen MR) is 93.2 cm³/mol. The van der Waals surface area contributed by atoms with Gasteiger partial charge in [-0.2, -0.15) is 13.2 Å². The lowest BCUT2D eigenvalue weighted by Crippen LogP contribution is -2.20. The maximum absolute atomic E-state index is 12.7. The van der Waals surface area contributed by atoms with Gasteiger partial charge in [-0.05, 0) is 42.3 Å². The lowest BCUT2D eigenvalue weighted by Gasteiger charge is -2.10. The van der Waals surface area contributed by atoms with Gasteiger partial charge in [-0.25, -0.2) is 0 Å². The summed E-state index contributed by atoms with van der Waals surface area (Å²) in [7, 11) is 0. The van der Waals surface area contributed by atoms with Crippen LogP contribution in [0.15, 0.2) is 48.5 Å². The molecule has 1 aromatic heterocycles. The molecule has 136 valence electrons. The summed E-state index contributed by atoms with van der Waals surface area (Å²) in [6.07, 6.45) is -3.66. The number of para-hydroxylation sites is 1. The number of anilines is 1. The van der Waals surface area contributed by atoms with E-state index in [-0.39, 0.29) is 12.5 Å². The summed E-state index contributed by atoms with van der Waals surface area (Å²) in [5.41, 5.74) is 0.926. The van der Waals surface area contributed by atoms with Crippen LogP contribution < -0.4 is 10.1 Å². The highest BCUT2D eigenvalue weighted by Gasteiger charge is 2.32. The van der Waals surface area contributed by atoms with Crippen molar-refractivity contribution in [1.82, 2.24) is 4.98 Å². The molecule has 0 aliphatic carbocycles. The van der Waals surface area contributed by atoms with E-state index in [0.717, 1.165) is 18.1 Å². The smallest absolute Gasteiger partial charge is 0.431 e. The van der Waals surface area contributed by atoms with Crippen LogP contribution >= 0.6 is 0 Å². The number of benzene rings is 2. The predicted octanol–water partition coefficient (Wildman–Crippen LogP) is 4.77. The first-order valence-electron chi connectivity index (χ1n) is 8.07. The summed E-state index contributed by atoms with van der Waals surface area (Å²) in [6.45, 7) is 1.81. The quantitative estimate of drug-likeness (QED) is 0.687. The molecule has 0 aliphatic rings. The monoisotopic (exact) mass is 362 g/mol. The second-order valence-corrected chi connectivity index (χ2v) is 5.78. The van der Waals surface area contributed by atoms with Gasteiger partial charge in [-0.3, -0.25) is 4.79 Å². The summed E-state index contributed by atoms with van der Waals surface area (Å²) in [5.74, 6) is 0.253. The number of ether oxygens (including phenoxy) is 1. The molecule has 0 saturated carbocycles. The lowest BCUT2D eigenvalue weighted by molar-refractivity contribution is -0.140. The Morgan fingerprint density at radius 3 is 2.65 bits per heavy atom. The molecule has 3 rings (SSSR count). The Kier molecular flexibility index (Phi) is 4.88. The number of amides is 1.